The summed E-state index contributed by atoms with van der Waals surface area (Å²) in [4.78, 5) is 45.8. The molecule has 1 aromatic carbocycles. The van der Waals surface area contributed by atoms with Crippen LogP contribution in [0.1, 0.15) is 94.6 Å². The van der Waals surface area contributed by atoms with Gasteiger partial charge in [0.25, 0.3) is 0 Å². The van der Waals surface area contributed by atoms with Crippen molar-refractivity contribution in [2.75, 3.05) is 5.32 Å². The molecule has 222 valence electrons. The van der Waals surface area contributed by atoms with Crippen molar-refractivity contribution in [1.82, 2.24) is 15.6 Å². The second-order valence-electron chi connectivity index (χ2n) is 13.3. The number of hydrogen-bond donors (Lipinski definition) is 3. The van der Waals surface area contributed by atoms with Gasteiger partial charge in [0.2, 0.25) is 11.8 Å². The number of pyridine rings is 1. The van der Waals surface area contributed by atoms with Crippen LogP contribution in [0.25, 0.3) is 0 Å². The lowest BCUT2D eigenvalue weighted by Crippen LogP contribution is -2.62. The number of aromatic nitrogens is 1. The number of halogens is 3. The first-order valence-electron chi connectivity index (χ1n) is 15.1. The Morgan fingerprint density at radius 1 is 1.02 bits per heavy atom. The topological polar surface area (TPSA) is 100 Å². The van der Waals surface area contributed by atoms with Crippen LogP contribution in [0.2, 0.25) is 10.2 Å². The van der Waals surface area contributed by atoms with E-state index in [-0.39, 0.29) is 38.8 Å². The molecule has 2 aromatic rings. The van der Waals surface area contributed by atoms with E-state index in [1.165, 1.54) is 6.07 Å². The molecule has 8 rings (SSSR count). The minimum Gasteiger partial charge on any atom is -0.349 e. The van der Waals surface area contributed by atoms with E-state index in [0.29, 0.717) is 24.1 Å². The lowest BCUT2D eigenvalue weighted by Gasteiger charge is -2.53. The third-order valence-electron chi connectivity index (χ3n) is 11.6. The van der Waals surface area contributed by atoms with Crippen molar-refractivity contribution in [3.63, 3.8) is 0 Å². The predicted octanol–water partition coefficient (Wildman–Crippen LogP) is 5.97. The van der Waals surface area contributed by atoms with Gasteiger partial charge >= 0.3 is 0 Å². The third-order valence-corrected chi connectivity index (χ3v) is 12.1. The van der Waals surface area contributed by atoms with Crippen LogP contribution < -0.4 is 16.0 Å². The molecule has 4 saturated carbocycles. The minimum absolute atomic E-state index is 0.0574. The van der Waals surface area contributed by atoms with E-state index in [0.717, 1.165) is 57.8 Å². The highest BCUT2D eigenvalue weighted by Crippen LogP contribution is 2.63. The molecule has 10 heteroatoms. The fraction of sp³-hybridized carbons (Fsp3) is 0.562. The average Bonchev–Trinajstić information content (AvgIpc) is 3.43. The van der Waals surface area contributed by atoms with Gasteiger partial charge in [0.05, 0.1) is 11.1 Å². The maximum Gasteiger partial charge on any atom is 0.238 e. The van der Waals surface area contributed by atoms with Crippen molar-refractivity contribution in [2.45, 2.75) is 106 Å². The first kappa shape index (κ1) is 28.2. The summed E-state index contributed by atoms with van der Waals surface area (Å²) in [5.74, 6) is -1.81. The molecule has 0 radical (unpaired) electrons. The van der Waals surface area contributed by atoms with Gasteiger partial charge in [-0.3, -0.25) is 19.7 Å². The molecular formula is C32H35Cl2FN4O3. The monoisotopic (exact) mass is 612 g/mol. The number of anilines is 1. The van der Waals surface area contributed by atoms with E-state index in [2.05, 4.69) is 20.9 Å². The van der Waals surface area contributed by atoms with E-state index < -0.39 is 34.3 Å². The highest BCUT2D eigenvalue weighted by molar-refractivity contribution is 6.31. The normalized spacial score (nSPS) is 34.4. The van der Waals surface area contributed by atoms with E-state index >= 15 is 4.39 Å². The standard InChI is InChI=1S/C32H35Cl2FN4O3/c1-18(40)29-10-13-30(14-11-29,15-12-29)39-27(41)26-24(19-6-5-7-21(33)25(19)35)32(31(38-26)8-3-2-4-9-31)20-17-36-23(34)16-22(20)37-28(32)42/h5-7,16-17,24,26,38H,2-4,8-15H2,1H3,(H,37,42)(H,39,41)/t24-,26+,29?,30?,32+/m0/s1. The second kappa shape index (κ2) is 9.73. The Morgan fingerprint density at radius 3 is 2.38 bits per heavy atom. The van der Waals surface area contributed by atoms with Crippen LogP contribution >= 0.6 is 23.2 Å². The molecule has 4 aliphatic carbocycles. The van der Waals surface area contributed by atoms with Gasteiger partial charge in [-0.15, -0.1) is 0 Å². The molecule has 3 N–H and O–H groups in total. The molecule has 6 aliphatic rings. The number of amides is 2. The van der Waals surface area contributed by atoms with Crippen molar-refractivity contribution in [3.05, 3.63) is 57.6 Å². The zero-order valence-corrected chi connectivity index (χ0v) is 25.1. The highest BCUT2D eigenvalue weighted by Gasteiger charge is 2.72. The Labute approximate surface area is 254 Å². The van der Waals surface area contributed by atoms with Crippen LogP contribution in [0.4, 0.5) is 10.1 Å². The van der Waals surface area contributed by atoms with Crippen LogP contribution in [0.5, 0.6) is 0 Å². The van der Waals surface area contributed by atoms with Crippen molar-refractivity contribution >= 4 is 46.5 Å². The molecule has 2 aliphatic heterocycles. The van der Waals surface area contributed by atoms with Gasteiger partial charge in [-0.2, -0.15) is 0 Å². The molecule has 1 saturated heterocycles. The summed E-state index contributed by atoms with van der Waals surface area (Å²) in [6.07, 6.45) is 10.1. The van der Waals surface area contributed by atoms with Crippen LogP contribution in [0.15, 0.2) is 30.5 Å². The van der Waals surface area contributed by atoms with Gasteiger partial charge in [0.1, 0.15) is 22.2 Å². The SMILES string of the molecule is CC(=O)C12CCC(NC(=O)[C@@H]3NC4(CCCCC4)[C@@]4(C(=O)Nc5cc(Cl)ncc54)[C@H]3c3cccc(Cl)c3F)(CC1)CC2. The Hall–Kier alpha value is -2.55. The molecule has 3 heterocycles. The van der Waals surface area contributed by atoms with Crippen LogP contribution in [-0.2, 0) is 19.8 Å². The summed E-state index contributed by atoms with van der Waals surface area (Å²) in [5, 5.41) is 10.3. The van der Waals surface area contributed by atoms with Crippen molar-refractivity contribution in [3.8, 4) is 0 Å². The number of nitrogens with one attached hydrogen (secondary N) is 3. The minimum atomic E-state index is -1.31. The van der Waals surface area contributed by atoms with Gasteiger partial charge < -0.3 is 10.6 Å². The molecule has 5 fully saturated rings. The molecule has 2 amide bonds. The Bertz CT molecular complexity index is 1480. The number of rotatable bonds is 4. The number of carbonyl (C=O) groups is 3. The molecule has 7 nitrogen and oxygen atoms in total. The molecule has 2 bridgehead atoms. The molecular weight excluding hydrogens is 578 g/mol. The van der Waals surface area contributed by atoms with E-state index in [1.807, 2.05) is 0 Å². The van der Waals surface area contributed by atoms with Crippen LogP contribution in [0.3, 0.4) is 0 Å². The fourth-order valence-corrected chi connectivity index (χ4v) is 9.68. The van der Waals surface area contributed by atoms with Crippen molar-refractivity contribution in [1.29, 1.82) is 0 Å². The fourth-order valence-electron chi connectivity index (χ4n) is 9.34. The maximum absolute atomic E-state index is 16.1. The summed E-state index contributed by atoms with van der Waals surface area (Å²) in [6.45, 7) is 1.68. The van der Waals surface area contributed by atoms with Gasteiger partial charge in [-0.25, -0.2) is 9.37 Å². The third kappa shape index (κ3) is 3.80. The lowest BCUT2D eigenvalue weighted by molar-refractivity contribution is -0.136. The summed E-state index contributed by atoms with van der Waals surface area (Å²) in [5.41, 5.74) is -1.42. The van der Waals surface area contributed by atoms with E-state index in [1.54, 1.807) is 31.3 Å². The number of carbonyl (C=O) groups excluding carboxylic acids is 3. The number of benzene rings is 1. The molecule has 0 unspecified atom stereocenters. The molecule has 1 aromatic heterocycles. The van der Waals surface area contributed by atoms with Gasteiger partial charge in [0.15, 0.2) is 0 Å². The number of hydrogen-bond acceptors (Lipinski definition) is 5. The van der Waals surface area contributed by atoms with E-state index in [4.69, 9.17) is 23.2 Å². The van der Waals surface area contributed by atoms with Crippen molar-refractivity contribution < 1.29 is 18.8 Å². The number of fused-ring (bicyclic) bond motifs is 6. The zero-order valence-electron chi connectivity index (χ0n) is 23.6. The first-order valence-corrected chi connectivity index (χ1v) is 15.8. The summed E-state index contributed by atoms with van der Waals surface area (Å²) >= 11 is 12.6. The molecule has 3 atom stereocenters. The second-order valence-corrected chi connectivity index (χ2v) is 14.1. The first-order chi connectivity index (χ1) is 20.1. The maximum atomic E-state index is 16.1. The summed E-state index contributed by atoms with van der Waals surface area (Å²) in [7, 11) is 0. The smallest absolute Gasteiger partial charge is 0.238 e. The highest BCUT2D eigenvalue weighted by atomic mass is 35.5. The molecule has 2 spiro atoms. The molecule has 42 heavy (non-hydrogen) atoms. The summed E-state index contributed by atoms with van der Waals surface area (Å²) in [6, 6.07) is 5.52. The van der Waals surface area contributed by atoms with Crippen molar-refractivity contribution in [2.24, 2.45) is 5.41 Å². The Morgan fingerprint density at radius 2 is 1.71 bits per heavy atom. The average molecular weight is 614 g/mol. The number of ketones is 1. The van der Waals surface area contributed by atoms with Gasteiger partial charge in [0, 0.05) is 39.9 Å². The quantitative estimate of drug-likeness (QED) is 0.369. The number of nitrogens with zero attached hydrogens (tertiary/aromatic N) is 1. The lowest BCUT2D eigenvalue weighted by atomic mass is 9.55. The number of Topliss-reactive ketones (excluding diaryl/α,β-unsaturated/α-hetero) is 1. The Kier molecular flexibility index (Phi) is 6.54. The van der Waals surface area contributed by atoms with Gasteiger partial charge in [-0.1, -0.05) is 54.6 Å². The zero-order chi connectivity index (χ0) is 29.5. The largest absolute Gasteiger partial charge is 0.349 e. The Balaban J connectivity index is 1.37. The van der Waals surface area contributed by atoms with E-state index in [9.17, 15) is 14.4 Å². The predicted molar refractivity (Wildman–Crippen MR) is 158 cm³/mol. The van der Waals surface area contributed by atoms with Crippen LogP contribution in [-0.4, -0.2) is 39.7 Å². The summed E-state index contributed by atoms with van der Waals surface area (Å²) < 4.78 is 16.1. The van der Waals surface area contributed by atoms with Crippen LogP contribution in [0, 0.1) is 11.2 Å². The van der Waals surface area contributed by atoms with Gasteiger partial charge in [-0.05, 0) is 76.0 Å².